The fraction of sp³-hybridized carbons (Fsp3) is 0.0690. The topological polar surface area (TPSA) is 79.7 Å². The second kappa shape index (κ2) is 9.84. The maximum Gasteiger partial charge on any atom is 0.295 e. The molecule has 0 saturated carbocycles. The Labute approximate surface area is 206 Å². The van der Waals surface area contributed by atoms with Gasteiger partial charge in [-0.1, -0.05) is 36.4 Å². The molecule has 0 bridgehead atoms. The Morgan fingerprint density at radius 3 is 2.39 bits per heavy atom. The van der Waals surface area contributed by atoms with Crippen molar-refractivity contribution in [3.05, 3.63) is 131 Å². The molecule has 1 aliphatic heterocycles. The van der Waals surface area contributed by atoms with Crippen molar-refractivity contribution in [1.82, 2.24) is 9.88 Å². The van der Waals surface area contributed by atoms with E-state index >= 15 is 0 Å². The van der Waals surface area contributed by atoms with Crippen molar-refractivity contribution < 1.29 is 23.8 Å². The van der Waals surface area contributed by atoms with Gasteiger partial charge in [-0.2, -0.15) is 0 Å². The van der Waals surface area contributed by atoms with E-state index in [1.165, 1.54) is 29.2 Å². The number of carbonyl (C=O) groups is 2. The summed E-state index contributed by atoms with van der Waals surface area (Å²) < 4.78 is 19.4. The normalized spacial score (nSPS) is 16.8. The molecule has 0 radical (unpaired) electrons. The summed E-state index contributed by atoms with van der Waals surface area (Å²) in [7, 11) is 0. The Hall–Kier alpha value is -4.78. The first-order valence-electron chi connectivity index (χ1n) is 11.3. The van der Waals surface area contributed by atoms with Gasteiger partial charge in [-0.05, 0) is 65.7 Å². The van der Waals surface area contributed by atoms with Crippen LogP contribution in [0.4, 0.5) is 4.39 Å². The van der Waals surface area contributed by atoms with Gasteiger partial charge in [0.2, 0.25) is 0 Å². The first kappa shape index (κ1) is 23.0. The molecule has 36 heavy (non-hydrogen) atoms. The van der Waals surface area contributed by atoms with Crippen molar-refractivity contribution in [2.75, 3.05) is 0 Å². The Morgan fingerprint density at radius 2 is 1.67 bits per heavy atom. The number of halogens is 1. The third kappa shape index (κ3) is 4.59. The molecular weight excluding hydrogens is 459 g/mol. The summed E-state index contributed by atoms with van der Waals surface area (Å²) in [5.74, 6) is -1.29. The number of amides is 1. The molecule has 6 nitrogen and oxygen atoms in total. The lowest BCUT2D eigenvalue weighted by Crippen LogP contribution is -2.29. The van der Waals surface area contributed by atoms with E-state index in [-0.39, 0.29) is 23.4 Å². The SMILES string of the molecule is O=C1C(=O)N(Cc2cccnc2)[C@@H](c2cccc(Oc3ccccc3)c2)/C1=C(\O)c1ccc(F)cc1. The average Bonchev–Trinajstić information content (AvgIpc) is 3.15. The van der Waals surface area contributed by atoms with Crippen LogP contribution in [0.1, 0.15) is 22.7 Å². The van der Waals surface area contributed by atoms with Gasteiger partial charge < -0.3 is 14.7 Å². The van der Waals surface area contributed by atoms with Crippen LogP contribution in [0.5, 0.6) is 11.5 Å². The maximum atomic E-state index is 13.5. The lowest BCUT2D eigenvalue weighted by atomic mass is 9.95. The molecule has 3 aromatic carbocycles. The monoisotopic (exact) mass is 480 g/mol. The largest absolute Gasteiger partial charge is 0.507 e. The quantitative estimate of drug-likeness (QED) is 0.220. The number of rotatable bonds is 6. The Bertz CT molecular complexity index is 1440. The molecule has 0 spiro atoms. The van der Waals surface area contributed by atoms with E-state index in [1.807, 2.05) is 30.3 Å². The van der Waals surface area contributed by atoms with E-state index in [1.54, 1.807) is 48.8 Å². The molecule has 1 atom stereocenters. The summed E-state index contributed by atoms with van der Waals surface area (Å²) >= 11 is 0. The highest BCUT2D eigenvalue weighted by atomic mass is 19.1. The zero-order valence-electron chi connectivity index (χ0n) is 19.0. The number of aliphatic hydroxyl groups excluding tert-OH is 1. The minimum absolute atomic E-state index is 0.0765. The molecule has 7 heteroatoms. The van der Waals surface area contributed by atoms with Crippen molar-refractivity contribution in [1.29, 1.82) is 0 Å². The van der Waals surface area contributed by atoms with Crippen molar-refractivity contribution in [3.8, 4) is 11.5 Å². The summed E-state index contributed by atoms with van der Waals surface area (Å²) in [4.78, 5) is 31.9. The minimum Gasteiger partial charge on any atom is -0.507 e. The van der Waals surface area contributed by atoms with Crippen molar-refractivity contribution in [2.24, 2.45) is 0 Å². The number of benzene rings is 3. The Morgan fingerprint density at radius 1 is 0.917 bits per heavy atom. The molecule has 1 aliphatic rings. The fourth-order valence-electron chi connectivity index (χ4n) is 4.21. The number of hydrogen-bond donors (Lipinski definition) is 1. The van der Waals surface area contributed by atoms with Crippen LogP contribution in [0.3, 0.4) is 0 Å². The van der Waals surface area contributed by atoms with E-state index in [0.717, 1.165) is 5.56 Å². The van der Waals surface area contributed by atoms with Gasteiger partial charge in [-0.3, -0.25) is 14.6 Å². The molecule has 2 heterocycles. The number of likely N-dealkylation sites (tertiary alicyclic amines) is 1. The number of pyridine rings is 1. The lowest BCUT2D eigenvalue weighted by Gasteiger charge is -2.25. The zero-order chi connectivity index (χ0) is 25.1. The number of aromatic nitrogens is 1. The van der Waals surface area contributed by atoms with Crippen LogP contribution in [0, 0.1) is 5.82 Å². The first-order chi connectivity index (χ1) is 17.5. The molecule has 1 N–H and O–H groups in total. The summed E-state index contributed by atoms with van der Waals surface area (Å²) in [5, 5.41) is 11.1. The summed E-state index contributed by atoms with van der Waals surface area (Å²) in [6, 6.07) is 24.0. The molecule has 1 saturated heterocycles. The number of Topliss-reactive ketones (excluding diaryl/α,β-unsaturated/α-hetero) is 1. The van der Waals surface area contributed by atoms with Gasteiger partial charge in [0.1, 0.15) is 23.1 Å². The number of ketones is 1. The van der Waals surface area contributed by atoms with Crippen molar-refractivity contribution >= 4 is 17.4 Å². The third-order valence-electron chi connectivity index (χ3n) is 5.89. The standard InChI is InChI=1S/C29H21FN2O4/c30-22-13-11-20(12-14-22)27(33)25-26(32(29(35)28(25)34)18-19-6-5-15-31-17-19)21-7-4-10-24(16-21)36-23-8-2-1-3-9-23/h1-17,26,33H,18H2/b27-25+/t26-/m0/s1. The second-order valence-corrected chi connectivity index (χ2v) is 8.28. The van der Waals surface area contributed by atoms with E-state index in [4.69, 9.17) is 4.74 Å². The second-order valence-electron chi connectivity index (χ2n) is 8.28. The molecule has 1 fully saturated rings. The summed E-state index contributed by atoms with van der Waals surface area (Å²) in [5.41, 5.74) is 1.46. The molecule has 0 aliphatic carbocycles. The highest BCUT2D eigenvalue weighted by Gasteiger charge is 2.46. The lowest BCUT2D eigenvalue weighted by molar-refractivity contribution is -0.140. The molecule has 0 unspecified atom stereocenters. The predicted molar refractivity (Wildman–Crippen MR) is 131 cm³/mol. The van der Waals surface area contributed by atoms with E-state index in [2.05, 4.69) is 4.98 Å². The number of ether oxygens (including phenoxy) is 1. The summed E-state index contributed by atoms with van der Waals surface area (Å²) in [6.07, 6.45) is 3.24. The predicted octanol–water partition coefficient (Wildman–Crippen LogP) is 5.63. The molecule has 1 aromatic heterocycles. The van der Waals surface area contributed by atoms with Gasteiger partial charge >= 0.3 is 0 Å². The van der Waals surface area contributed by atoms with Crippen LogP contribution in [-0.4, -0.2) is 26.7 Å². The molecule has 1 amide bonds. The maximum absolute atomic E-state index is 13.5. The first-order valence-corrected chi connectivity index (χ1v) is 11.3. The van der Waals surface area contributed by atoms with E-state index < -0.39 is 23.5 Å². The smallest absolute Gasteiger partial charge is 0.295 e. The van der Waals surface area contributed by atoms with Crippen LogP contribution in [0.15, 0.2) is 109 Å². The Balaban J connectivity index is 1.61. The minimum atomic E-state index is -0.894. The van der Waals surface area contributed by atoms with Crippen LogP contribution in [0.25, 0.3) is 5.76 Å². The van der Waals surface area contributed by atoms with Gasteiger partial charge in [-0.15, -0.1) is 0 Å². The number of para-hydroxylation sites is 1. The van der Waals surface area contributed by atoms with E-state index in [0.29, 0.717) is 17.1 Å². The third-order valence-corrected chi connectivity index (χ3v) is 5.89. The number of aliphatic hydroxyl groups is 1. The molecule has 5 rings (SSSR count). The molecule has 178 valence electrons. The fourth-order valence-corrected chi connectivity index (χ4v) is 4.21. The Kier molecular flexibility index (Phi) is 6.28. The van der Waals surface area contributed by atoms with Gasteiger partial charge in [0.05, 0.1) is 11.6 Å². The van der Waals surface area contributed by atoms with Gasteiger partial charge in [0, 0.05) is 24.5 Å². The van der Waals surface area contributed by atoms with Crippen molar-refractivity contribution in [3.63, 3.8) is 0 Å². The average molecular weight is 480 g/mol. The van der Waals surface area contributed by atoms with Crippen LogP contribution < -0.4 is 4.74 Å². The van der Waals surface area contributed by atoms with E-state index in [9.17, 15) is 19.1 Å². The molecule has 4 aromatic rings. The van der Waals surface area contributed by atoms with Gasteiger partial charge in [0.25, 0.3) is 11.7 Å². The number of hydrogen-bond acceptors (Lipinski definition) is 5. The summed E-state index contributed by atoms with van der Waals surface area (Å²) in [6.45, 7) is 0.104. The van der Waals surface area contributed by atoms with Crippen LogP contribution in [0.2, 0.25) is 0 Å². The zero-order valence-corrected chi connectivity index (χ0v) is 19.0. The van der Waals surface area contributed by atoms with Crippen molar-refractivity contribution in [2.45, 2.75) is 12.6 Å². The van der Waals surface area contributed by atoms with Gasteiger partial charge in [-0.25, -0.2) is 4.39 Å². The number of carbonyl (C=O) groups excluding carboxylic acids is 2. The highest BCUT2D eigenvalue weighted by Crippen LogP contribution is 2.41. The number of nitrogens with zero attached hydrogens (tertiary/aromatic N) is 2. The van der Waals surface area contributed by atoms with Crippen LogP contribution in [-0.2, 0) is 16.1 Å². The van der Waals surface area contributed by atoms with Gasteiger partial charge in [0.15, 0.2) is 0 Å². The van der Waals surface area contributed by atoms with Crippen LogP contribution >= 0.6 is 0 Å². The highest BCUT2D eigenvalue weighted by molar-refractivity contribution is 6.46. The molecular formula is C29H21FN2O4.